The smallest absolute Gasteiger partial charge is 0.278 e. The van der Waals surface area contributed by atoms with E-state index >= 15 is 0 Å². The van der Waals surface area contributed by atoms with E-state index in [9.17, 15) is 4.79 Å². The van der Waals surface area contributed by atoms with Crippen LogP contribution < -0.4 is 10.6 Å². The standard InChI is InChI=1S/C20H22N4O/c1-4-9-21-19-18(23-16-7-5-6-8-17(16)24-19)20(25)22-15-11-13(2)10-14(3)12-15/h5-8,10-12H,4,9H2,1-3H3,(H,21,24)(H,22,25). The van der Waals surface area contributed by atoms with E-state index in [-0.39, 0.29) is 5.91 Å². The molecule has 5 heteroatoms. The number of hydrogen-bond acceptors (Lipinski definition) is 4. The Kier molecular flexibility index (Phi) is 4.93. The van der Waals surface area contributed by atoms with Crippen molar-refractivity contribution in [2.75, 3.05) is 17.2 Å². The van der Waals surface area contributed by atoms with Crippen molar-refractivity contribution in [2.45, 2.75) is 27.2 Å². The molecule has 0 saturated heterocycles. The lowest BCUT2D eigenvalue weighted by Gasteiger charge is -2.12. The first-order chi connectivity index (χ1) is 12.1. The molecule has 0 atom stereocenters. The molecular formula is C20H22N4O. The highest BCUT2D eigenvalue weighted by Crippen LogP contribution is 2.20. The zero-order valence-electron chi connectivity index (χ0n) is 14.8. The normalized spacial score (nSPS) is 10.7. The molecule has 3 aromatic rings. The highest BCUT2D eigenvalue weighted by molar-refractivity contribution is 6.07. The van der Waals surface area contributed by atoms with E-state index in [1.54, 1.807) is 0 Å². The van der Waals surface area contributed by atoms with Crippen molar-refractivity contribution in [1.82, 2.24) is 9.97 Å². The number of carbonyl (C=O) groups excluding carboxylic acids is 1. The third-order valence-electron chi connectivity index (χ3n) is 3.81. The number of rotatable bonds is 5. The predicted octanol–water partition coefficient (Wildman–Crippen LogP) is 4.32. The summed E-state index contributed by atoms with van der Waals surface area (Å²) in [5.74, 6) is 0.254. The minimum atomic E-state index is -0.262. The average Bonchev–Trinajstić information content (AvgIpc) is 2.58. The van der Waals surface area contributed by atoms with Crippen LogP contribution in [0.4, 0.5) is 11.5 Å². The number of para-hydroxylation sites is 2. The van der Waals surface area contributed by atoms with Crippen LogP contribution in [-0.4, -0.2) is 22.4 Å². The Labute approximate surface area is 147 Å². The maximum atomic E-state index is 12.8. The van der Waals surface area contributed by atoms with Gasteiger partial charge in [0.05, 0.1) is 11.0 Å². The van der Waals surface area contributed by atoms with E-state index in [0.717, 1.165) is 35.3 Å². The highest BCUT2D eigenvalue weighted by Gasteiger charge is 2.16. The largest absolute Gasteiger partial charge is 0.368 e. The summed E-state index contributed by atoms with van der Waals surface area (Å²) in [5.41, 5.74) is 4.75. The number of anilines is 2. The van der Waals surface area contributed by atoms with Crippen molar-refractivity contribution in [3.8, 4) is 0 Å². The van der Waals surface area contributed by atoms with E-state index < -0.39 is 0 Å². The fraction of sp³-hybridized carbons (Fsp3) is 0.250. The summed E-state index contributed by atoms with van der Waals surface area (Å²) in [5, 5.41) is 6.15. The zero-order valence-corrected chi connectivity index (χ0v) is 14.8. The van der Waals surface area contributed by atoms with E-state index in [0.29, 0.717) is 17.0 Å². The molecule has 2 N–H and O–H groups in total. The molecule has 3 rings (SSSR count). The summed E-state index contributed by atoms with van der Waals surface area (Å²) in [6.45, 7) is 6.81. The number of carbonyl (C=O) groups is 1. The molecule has 1 aromatic heterocycles. The van der Waals surface area contributed by atoms with Crippen molar-refractivity contribution in [2.24, 2.45) is 0 Å². The monoisotopic (exact) mass is 334 g/mol. The third-order valence-corrected chi connectivity index (χ3v) is 3.81. The van der Waals surface area contributed by atoms with E-state index in [1.807, 2.05) is 50.2 Å². The van der Waals surface area contributed by atoms with E-state index in [1.165, 1.54) is 0 Å². The van der Waals surface area contributed by atoms with Crippen LogP contribution in [0.25, 0.3) is 11.0 Å². The van der Waals surface area contributed by atoms with Crippen LogP contribution in [0.1, 0.15) is 35.0 Å². The molecule has 5 nitrogen and oxygen atoms in total. The number of aromatic nitrogens is 2. The molecule has 1 amide bonds. The summed E-state index contributed by atoms with van der Waals surface area (Å²) < 4.78 is 0. The van der Waals surface area contributed by atoms with Gasteiger partial charge in [0, 0.05) is 12.2 Å². The number of nitrogens with one attached hydrogen (secondary N) is 2. The number of benzene rings is 2. The Balaban J connectivity index is 1.98. The Morgan fingerprint density at radius 2 is 1.64 bits per heavy atom. The molecule has 2 aromatic carbocycles. The first kappa shape index (κ1) is 16.9. The predicted molar refractivity (Wildman–Crippen MR) is 102 cm³/mol. The number of hydrogen-bond donors (Lipinski definition) is 2. The first-order valence-electron chi connectivity index (χ1n) is 8.47. The number of fused-ring (bicyclic) bond motifs is 1. The second-order valence-electron chi connectivity index (χ2n) is 6.17. The van der Waals surface area contributed by atoms with Crippen molar-refractivity contribution in [3.05, 3.63) is 59.3 Å². The van der Waals surface area contributed by atoms with Gasteiger partial charge < -0.3 is 10.6 Å². The van der Waals surface area contributed by atoms with E-state index in [2.05, 4.69) is 33.6 Å². The third kappa shape index (κ3) is 3.94. The summed E-state index contributed by atoms with van der Waals surface area (Å²) in [7, 11) is 0. The van der Waals surface area contributed by atoms with Gasteiger partial charge in [0.25, 0.3) is 5.91 Å². The Hall–Kier alpha value is -2.95. The second kappa shape index (κ2) is 7.30. The lowest BCUT2D eigenvalue weighted by atomic mass is 10.1. The molecule has 0 aliphatic carbocycles. The summed E-state index contributed by atoms with van der Waals surface area (Å²) in [4.78, 5) is 21.9. The molecule has 0 spiro atoms. The molecule has 0 saturated carbocycles. The Morgan fingerprint density at radius 3 is 2.28 bits per heavy atom. The van der Waals surface area contributed by atoms with Gasteiger partial charge in [-0.3, -0.25) is 4.79 Å². The summed E-state index contributed by atoms with van der Waals surface area (Å²) in [6, 6.07) is 13.5. The quantitative estimate of drug-likeness (QED) is 0.729. The fourth-order valence-corrected chi connectivity index (χ4v) is 2.76. The van der Waals surface area contributed by atoms with Gasteiger partial charge in [-0.25, -0.2) is 9.97 Å². The van der Waals surface area contributed by atoms with Gasteiger partial charge in [-0.1, -0.05) is 25.1 Å². The molecule has 128 valence electrons. The number of amides is 1. The summed E-state index contributed by atoms with van der Waals surface area (Å²) >= 11 is 0. The maximum Gasteiger partial charge on any atom is 0.278 e. The zero-order chi connectivity index (χ0) is 17.8. The second-order valence-corrected chi connectivity index (χ2v) is 6.17. The number of aryl methyl sites for hydroxylation is 2. The molecule has 0 fully saturated rings. The van der Waals surface area contributed by atoms with Gasteiger partial charge in [0.15, 0.2) is 11.5 Å². The number of nitrogens with zero attached hydrogens (tertiary/aromatic N) is 2. The molecule has 1 heterocycles. The van der Waals surface area contributed by atoms with Crippen LogP contribution in [0.2, 0.25) is 0 Å². The van der Waals surface area contributed by atoms with Crippen molar-refractivity contribution in [1.29, 1.82) is 0 Å². The maximum absolute atomic E-state index is 12.8. The average molecular weight is 334 g/mol. The fourth-order valence-electron chi connectivity index (χ4n) is 2.76. The lowest BCUT2D eigenvalue weighted by Crippen LogP contribution is -2.18. The molecule has 25 heavy (non-hydrogen) atoms. The van der Waals surface area contributed by atoms with Crippen LogP contribution in [0.15, 0.2) is 42.5 Å². The van der Waals surface area contributed by atoms with Gasteiger partial charge in [0.1, 0.15) is 0 Å². The molecule has 0 radical (unpaired) electrons. The lowest BCUT2D eigenvalue weighted by molar-refractivity contribution is 0.102. The summed E-state index contributed by atoms with van der Waals surface area (Å²) in [6.07, 6.45) is 0.937. The molecule has 0 aliphatic rings. The molecule has 0 bridgehead atoms. The van der Waals surface area contributed by atoms with E-state index in [4.69, 9.17) is 0 Å². The minimum Gasteiger partial charge on any atom is -0.368 e. The van der Waals surface area contributed by atoms with Gasteiger partial charge in [-0.15, -0.1) is 0 Å². The van der Waals surface area contributed by atoms with Gasteiger partial charge in [0.2, 0.25) is 0 Å². The van der Waals surface area contributed by atoms with Crippen LogP contribution in [-0.2, 0) is 0 Å². The first-order valence-corrected chi connectivity index (χ1v) is 8.47. The van der Waals surface area contributed by atoms with Gasteiger partial charge in [-0.2, -0.15) is 0 Å². The Morgan fingerprint density at radius 1 is 1.00 bits per heavy atom. The van der Waals surface area contributed by atoms with Gasteiger partial charge in [-0.05, 0) is 55.7 Å². The van der Waals surface area contributed by atoms with Crippen molar-refractivity contribution in [3.63, 3.8) is 0 Å². The SMILES string of the molecule is CCCNc1nc2ccccc2nc1C(=O)Nc1cc(C)cc(C)c1. The Bertz CT molecular complexity index is 900. The van der Waals surface area contributed by atoms with Gasteiger partial charge >= 0.3 is 0 Å². The van der Waals surface area contributed by atoms with Crippen molar-refractivity contribution < 1.29 is 4.79 Å². The van der Waals surface area contributed by atoms with Crippen LogP contribution in [0, 0.1) is 13.8 Å². The van der Waals surface area contributed by atoms with Crippen LogP contribution >= 0.6 is 0 Å². The molecular weight excluding hydrogens is 312 g/mol. The van der Waals surface area contributed by atoms with Crippen molar-refractivity contribution >= 4 is 28.4 Å². The molecule has 0 aliphatic heterocycles. The highest BCUT2D eigenvalue weighted by atomic mass is 16.1. The van der Waals surface area contributed by atoms with Crippen LogP contribution in [0.3, 0.4) is 0 Å². The molecule has 0 unspecified atom stereocenters. The van der Waals surface area contributed by atoms with Crippen LogP contribution in [0.5, 0.6) is 0 Å². The minimum absolute atomic E-state index is 0.262. The topological polar surface area (TPSA) is 66.9 Å².